The molecule has 0 amide bonds. The third-order valence-corrected chi connectivity index (χ3v) is 1.83. The Morgan fingerprint density at radius 2 is 1.60 bits per heavy atom. The topological polar surface area (TPSA) is 74.6 Å². The molecule has 84 valence electrons. The molecule has 4 nitrogen and oxygen atoms in total. The van der Waals surface area contributed by atoms with Gasteiger partial charge in [-0.3, -0.25) is 4.79 Å². The average molecular weight is 212 g/mol. The van der Waals surface area contributed by atoms with E-state index in [9.17, 15) is 9.59 Å². The molecule has 0 heterocycles. The van der Waals surface area contributed by atoms with Crippen LogP contribution in [-0.2, 0) is 9.59 Å². The van der Waals surface area contributed by atoms with Gasteiger partial charge in [0.1, 0.15) is 0 Å². The van der Waals surface area contributed by atoms with Crippen molar-refractivity contribution in [2.75, 3.05) is 0 Å². The van der Waals surface area contributed by atoms with E-state index in [4.69, 9.17) is 10.2 Å². The lowest BCUT2D eigenvalue weighted by Crippen LogP contribution is -2.04. The molecule has 0 radical (unpaired) electrons. The summed E-state index contributed by atoms with van der Waals surface area (Å²) in [7, 11) is 0. The van der Waals surface area contributed by atoms with Crippen molar-refractivity contribution in [2.45, 2.75) is 32.1 Å². The quantitative estimate of drug-likeness (QED) is 0.555. The summed E-state index contributed by atoms with van der Waals surface area (Å²) in [5, 5.41) is 16.1. The Hall–Kier alpha value is -1.58. The predicted molar refractivity (Wildman–Crippen MR) is 56.6 cm³/mol. The van der Waals surface area contributed by atoms with Crippen LogP contribution in [0.25, 0.3) is 0 Å². The fourth-order valence-electron chi connectivity index (χ4n) is 1.02. The zero-order valence-electron chi connectivity index (χ0n) is 8.61. The molecule has 15 heavy (non-hydrogen) atoms. The molecule has 2 N–H and O–H groups in total. The molecule has 0 fully saturated rings. The van der Waals surface area contributed by atoms with Crippen LogP contribution in [0.15, 0.2) is 24.3 Å². The number of carboxylic acids is 2. The highest BCUT2D eigenvalue weighted by Crippen LogP contribution is 2.07. The number of hydrogen-bond donors (Lipinski definition) is 2. The Labute approximate surface area is 88.9 Å². The first-order chi connectivity index (χ1) is 7.04. The Bertz CT molecular complexity index is 258. The van der Waals surface area contributed by atoms with E-state index in [-0.39, 0.29) is 5.57 Å². The van der Waals surface area contributed by atoms with Crippen molar-refractivity contribution in [1.29, 1.82) is 0 Å². The molecule has 1 aliphatic rings. The van der Waals surface area contributed by atoms with Crippen LogP contribution >= 0.6 is 0 Å². The van der Waals surface area contributed by atoms with E-state index in [0.717, 1.165) is 0 Å². The largest absolute Gasteiger partial charge is 0.481 e. The van der Waals surface area contributed by atoms with Crippen molar-refractivity contribution in [2.24, 2.45) is 0 Å². The monoisotopic (exact) mass is 212 g/mol. The van der Waals surface area contributed by atoms with Crippen LogP contribution in [-0.4, -0.2) is 22.2 Å². The van der Waals surface area contributed by atoms with Crippen LogP contribution in [0.5, 0.6) is 0 Å². The molecule has 1 aliphatic carbocycles. The Kier molecular flexibility index (Phi) is 6.97. The molecular formula is C11H16O4. The van der Waals surface area contributed by atoms with Crippen LogP contribution in [0.3, 0.4) is 0 Å². The number of rotatable bonds is 3. The van der Waals surface area contributed by atoms with E-state index in [0.29, 0.717) is 0 Å². The second-order valence-corrected chi connectivity index (χ2v) is 3.24. The molecular weight excluding hydrogens is 196 g/mol. The molecule has 0 spiro atoms. The minimum absolute atomic E-state index is 0.303. The van der Waals surface area contributed by atoms with Gasteiger partial charge in [0.15, 0.2) is 0 Å². The molecule has 0 saturated carbocycles. The molecule has 4 heteroatoms. The lowest BCUT2D eigenvalue weighted by molar-refractivity contribution is -0.139. The summed E-state index contributed by atoms with van der Waals surface area (Å²) in [4.78, 5) is 19.7. The lowest BCUT2D eigenvalue weighted by atomic mass is 10.1. The van der Waals surface area contributed by atoms with Crippen molar-refractivity contribution in [3.05, 3.63) is 24.3 Å². The first kappa shape index (κ1) is 13.4. The van der Waals surface area contributed by atoms with Crippen molar-refractivity contribution < 1.29 is 19.8 Å². The van der Waals surface area contributed by atoms with E-state index in [1.807, 2.05) is 0 Å². The van der Waals surface area contributed by atoms with Gasteiger partial charge in [0.05, 0.1) is 6.42 Å². The number of aliphatic carboxylic acids is 2. The summed E-state index contributed by atoms with van der Waals surface area (Å²) in [6, 6.07) is 0. The Morgan fingerprint density at radius 3 is 1.73 bits per heavy atom. The molecule has 0 saturated heterocycles. The summed E-state index contributed by atoms with van der Waals surface area (Å²) < 4.78 is 0. The van der Waals surface area contributed by atoms with Crippen LogP contribution in [0.4, 0.5) is 0 Å². The van der Waals surface area contributed by atoms with Gasteiger partial charge in [0.25, 0.3) is 0 Å². The zero-order valence-corrected chi connectivity index (χ0v) is 8.61. The highest BCUT2D eigenvalue weighted by molar-refractivity contribution is 5.91. The Balaban J connectivity index is 0.000000280. The zero-order chi connectivity index (χ0) is 11.7. The number of carbonyl (C=O) groups is 2. The van der Waals surface area contributed by atoms with Crippen molar-refractivity contribution >= 4 is 11.9 Å². The first-order valence-corrected chi connectivity index (χ1v) is 4.82. The van der Waals surface area contributed by atoms with E-state index in [1.54, 1.807) is 0 Å². The second kappa shape index (κ2) is 7.79. The van der Waals surface area contributed by atoms with Crippen molar-refractivity contribution in [3.63, 3.8) is 0 Å². The fourth-order valence-corrected chi connectivity index (χ4v) is 1.02. The summed E-state index contributed by atoms with van der Waals surface area (Å²) in [5.41, 5.74) is -0.303. The van der Waals surface area contributed by atoms with Crippen molar-refractivity contribution in [1.82, 2.24) is 0 Å². The normalized spacial score (nSPS) is 13.6. The predicted octanol–water partition coefficient (Wildman–Crippen LogP) is 2.22. The lowest BCUT2D eigenvalue weighted by Gasteiger charge is -1.97. The SMILES string of the molecule is C1=CCCCC1.C=C(CC(=O)O)C(=O)O. The van der Waals surface area contributed by atoms with Gasteiger partial charge >= 0.3 is 11.9 Å². The number of allylic oxidation sites excluding steroid dienone is 2. The molecule has 0 aromatic carbocycles. The first-order valence-electron chi connectivity index (χ1n) is 4.82. The van der Waals surface area contributed by atoms with Crippen molar-refractivity contribution in [3.8, 4) is 0 Å². The molecule has 0 bridgehead atoms. The Morgan fingerprint density at radius 1 is 1.13 bits per heavy atom. The third kappa shape index (κ3) is 8.74. The molecule has 0 atom stereocenters. The summed E-state index contributed by atoms with van der Waals surface area (Å²) in [5.74, 6) is -2.44. The standard InChI is InChI=1S/C6H10.C5H6O4/c1-2-4-6-5-3-1;1-3(5(8)9)2-4(6)7/h1-2H,3-6H2;1-2H2,(H,6,7)(H,8,9). The van der Waals surface area contributed by atoms with Crippen LogP contribution < -0.4 is 0 Å². The molecule has 0 aromatic heterocycles. The smallest absolute Gasteiger partial charge is 0.331 e. The molecule has 1 rings (SSSR count). The van der Waals surface area contributed by atoms with E-state index < -0.39 is 18.4 Å². The number of hydrogen-bond acceptors (Lipinski definition) is 2. The van der Waals surface area contributed by atoms with E-state index >= 15 is 0 Å². The third-order valence-electron chi connectivity index (χ3n) is 1.83. The van der Waals surface area contributed by atoms with Gasteiger partial charge in [-0.25, -0.2) is 4.79 Å². The molecule has 0 aliphatic heterocycles. The van der Waals surface area contributed by atoms with Gasteiger partial charge in [-0.05, 0) is 25.7 Å². The summed E-state index contributed by atoms with van der Waals surface area (Å²) in [6.07, 6.45) is 9.50. The van der Waals surface area contributed by atoms with Gasteiger partial charge in [-0.1, -0.05) is 18.7 Å². The van der Waals surface area contributed by atoms with Gasteiger partial charge in [0, 0.05) is 5.57 Å². The maximum absolute atomic E-state index is 9.87. The average Bonchev–Trinajstić information content (AvgIpc) is 2.20. The minimum atomic E-state index is -1.27. The minimum Gasteiger partial charge on any atom is -0.481 e. The van der Waals surface area contributed by atoms with Crippen LogP contribution in [0.1, 0.15) is 32.1 Å². The van der Waals surface area contributed by atoms with Crippen LogP contribution in [0.2, 0.25) is 0 Å². The van der Waals surface area contributed by atoms with Gasteiger partial charge in [-0.15, -0.1) is 0 Å². The molecule has 0 unspecified atom stereocenters. The highest BCUT2D eigenvalue weighted by atomic mass is 16.4. The molecule has 0 aromatic rings. The van der Waals surface area contributed by atoms with E-state index in [2.05, 4.69) is 18.7 Å². The number of carboxylic acid groups (broad SMARTS) is 2. The summed E-state index contributed by atoms with van der Waals surface area (Å²) in [6.45, 7) is 3.01. The second-order valence-electron chi connectivity index (χ2n) is 3.24. The van der Waals surface area contributed by atoms with E-state index in [1.165, 1.54) is 25.7 Å². The highest BCUT2D eigenvalue weighted by Gasteiger charge is 2.07. The van der Waals surface area contributed by atoms with Crippen LogP contribution in [0, 0.1) is 0 Å². The maximum atomic E-state index is 9.87. The maximum Gasteiger partial charge on any atom is 0.331 e. The summed E-state index contributed by atoms with van der Waals surface area (Å²) >= 11 is 0. The van der Waals surface area contributed by atoms with Gasteiger partial charge in [-0.2, -0.15) is 0 Å². The van der Waals surface area contributed by atoms with Gasteiger partial charge < -0.3 is 10.2 Å². The van der Waals surface area contributed by atoms with Gasteiger partial charge in [0.2, 0.25) is 0 Å². The fraction of sp³-hybridized carbons (Fsp3) is 0.455.